The van der Waals surface area contributed by atoms with Crippen LogP contribution >= 0.6 is 15.9 Å². The molecule has 0 aliphatic heterocycles. The summed E-state index contributed by atoms with van der Waals surface area (Å²) in [6.07, 6.45) is 2.68. The summed E-state index contributed by atoms with van der Waals surface area (Å²) in [5.74, 6) is 0. The van der Waals surface area contributed by atoms with Gasteiger partial charge in [-0.1, -0.05) is 30.3 Å². The van der Waals surface area contributed by atoms with Gasteiger partial charge >= 0.3 is 0 Å². The number of pyridine rings is 1. The lowest BCUT2D eigenvalue weighted by molar-refractivity contribution is 0.0350. The molecule has 2 aromatic rings. The van der Waals surface area contributed by atoms with Crippen molar-refractivity contribution < 1.29 is 4.74 Å². The zero-order valence-electron chi connectivity index (χ0n) is 12.4. The molecule has 0 amide bonds. The standard InChI is InChI=1S/C17H21BrN2O/c1-3-21-17(13-7-5-4-6-8-13)16(19-2)11-15-10-9-14(18)12-20-15/h4-10,12,16-17,19H,3,11H2,1-2H3. The Labute approximate surface area is 134 Å². The quantitative estimate of drug-likeness (QED) is 0.827. The van der Waals surface area contributed by atoms with Gasteiger partial charge in [0.05, 0.1) is 6.10 Å². The summed E-state index contributed by atoms with van der Waals surface area (Å²) in [6, 6.07) is 14.6. The van der Waals surface area contributed by atoms with Crippen LogP contribution in [0.1, 0.15) is 24.3 Å². The lowest BCUT2D eigenvalue weighted by Gasteiger charge is -2.27. The molecule has 0 radical (unpaired) electrons. The monoisotopic (exact) mass is 348 g/mol. The number of hydrogen-bond donors (Lipinski definition) is 1. The smallest absolute Gasteiger partial charge is 0.0981 e. The molecular formula is C17H21BrN2O. The number of likely N-dealkylation sites (N-methyl/N-ethyl adjacent to an activating group) is 1. The second-order valence-corrected chi connectivity index (χ2v) is 5.77. The first kappa shape index (κ1) is 16.1. The number of nitrogens with one attached hydrogen (secondary N) is 1. The van der Waals surface area contributed by atoms with Gasteiger partial charge in [0.2, 0.25) is 0 Å². The van der Waals surface area contributed by atoms with Crippen LogP contribution in [0.2, 0.25) is 0 Å². The number of ether oxygens (including phenoxy) is 1. The van der Waals surface area contributed by atoms with Crippen LogP contribution in [0.25, 0.3) is 0 Å². The van der Waals surface area contributed by atoms with Crippen molar-refractivity contribution in [3.05, 3.63) is 64.4 Å². The number of benzene rings is 1. The van der Waals surface area contributed by atoms with Gasteiger partial charge in [-0.15, -0.1) is 0 Å². The largest absolute Gasteiger partial charge is 0.372 e. The van der Waals surface area contributed by atoms with Crippen molar-refractivity contribution in [1.82, 2.24) is 10.3 Å². The Bertz CT molecular complexity index is 530. The van der Waals surface area contributed by atoms with Crippen LogP contribution in [-0.2, 0) is 11.2 Å². The molecule has 3 nitrogen and oxygen atoms in total. The van der Waals surface area contributed by atoms with Crippen molar-refractivity contribution in [2.75, 3.05) is 13.7 Å². The molecule has 112 valence electrons. The third kappa shape index (κ3) is 4.63. The van der Waals surface area contributed by atoms with Gasteiger partial charge in [0.15, 0.2) is 0 Å². The Hall–Kier alpha value is -1.23. The molecule has 21 heavy (non-hydrogen) atoms. The van der Waals surface area contributed by atoms with E-state index in [0.717, 1.165) is 16.6 Å². The number of rotatable bonds is 7. The van der Waals surface area contributed by atoms with Crippen LogP contribution in [-0.4, -0.2) is 24.7 Å². The predicted molar refractivity (Wildman–Crippen MR) is 89.3 cm³/mol. The molecule has 2 atom stereocenters. The Kier molecular flexibility index (Phi) is 6.36. The maximum Gasteiger partial charge on any atom is 0.0981 e. The Morgan fingerprint density at radius 2 is 1.95 bits per heavy atom. The number of nitrogens with zero attached hydrogens (tertiary/aromatic N) is 1. The molecule has 0 bridgehead atoms. The van der Waals surface area contributed by atoms with Gasteiger partial charge in [-0.2, -0.15) is 0 Å². The molecule has 0 fully saturated rings. The molecule has 2 unspecified atom stereocenters. The van der Waals surface area contributed by atoms with Crippen molar-refractivity contribution in [2.45, 2.75) is 25.5 Å². The summed E-state index contributed by atoms with van der Waals surface area (Å²) in [6.45, 7) is 2.71. The third-order valence-electron chi connectivity index (χ3n) is 3.43. The van der Waals surface area contributed by atoms with E-state index in [2.05, 4.69) is 38.4 Å². The fourth-order valence-electron chi connectivity index (χ4n) is 2.38. The minimum absolute atomic E-state index is 0.0200. The SMILES string of the molecule is CCOC(c1ccccc1)C(Cc1ccc(Br)cn1)NC. The molecule has 1 heterocycles. The van der Waals surface area contributed by atoms with Gasteiger partial charge in [-0.3, -0.25) is 4.98 Å². The average Bonchev–Trinajstić information content (AvgIpc) is 2.53. The van der Waals surface area contributed by atoms with Crippen molar-refractivity contribution in [3.8, 4) is 0 Å². The van der Waals surface area contributed by atoms with E-state index in [1.165, 1.54) is 5.56 Å². The highest BCUT2D eigenvalue weighted by molar-refractivity contribution is 9.10. The summed E-state index contributed by atoms with van der Waals surface area (Å²) in [4.78, 5) is 4.46. The minimum Gasteiger partial charge on any atom is -0.372 e. The van der Waals surface area contributed by atoms with Gasteiger partial charge in [0, 0.05) is 35.4 Å². The van der Waals surface area contributed by atoms with Crippen molar-refractivity contribution in [3.63, 3.8) is 0 Å². The first-order valence-corrected chi connectivity index (χ1v) is 7.98. The summed E-state index contributed by atoms with van der Waals surface area (Å²) in [5.41, 5.74) is 2.24. The van der Waals surface area contributed by atoms with E-state index < -0.39 is 0 Å². The molecular weight excluding hydrogens is 328 g/mol. The molecule has 0 aliphatic rings. The number of aromatic nitrogens is 1. The lowest BCUT2D eigenvalue weighted by Crippen LogP contribution is -2.36. The van der Waals surface area contributed by atoms with Crippen molar-refractivity contribution in [2.24, 2.45) is 0 Å². The average molecular weight is 349 g/mol. The second kappa shape index (κ2) is 8.27. The lowest BCUT2D eigenvalue weighted by atomic mass is 9.98. The van der Waals surface area contributed by atoms with Gasteiger partial charge in [0.1, 0.15) is 0 Å². The highest BCUT2D eigenvalue weighted by atomic mass is 79.9. The van der Waals surface area contributed by atoms with E-state index >= 15 is 0 Å². The third-order valence-corrected chi connectivity index (χ3v) is 3.90. The molecule has 0 aliphatic carbocycles. The number of hydrogen-bond acceptors (Lipinski definition) is 3. The van der Waals surface area contributed by atoms with Crippen LogP contribution in [0.4, 0.5) is 0 Å². The molecule has 1 N–H and O–H groups in total. The topological polar surface area (TPSA) is 34.1 Å². The van der Waals surface area contributed by atoms with Crippen LogP contribution < -0.4 is 5.32 Å². The maximum atomic E-state index is 5.98. The van der Waals surface area contributed by atoms with Crippen molar-refractivity contribution in [1.29, 1.82) is 0 Å². The second-order valence-electron chi connectivity index (χ2n) is 4.85. The minimum atomic E-state index is 0.0200. The van der Waals surface area contributed by atoms with E-state index in [9.17, 15) is 0 Å². The summed E-state index contributed by atoms with van der Waals surface area (Å²) >= 11 is 3.42. The van der Waals surface area contributed by atoms with Gasteiger partial charge in [-0.05, 0) is 47.6 Å². The molecule has 2 rings (SSSR count). The first-order valence-electron chi connectivity index (χ1n) is 7.18. The van der Waals surface area contributed by atoms with Crippen LogP contribution in [0.3, 0.4) is 0 Å². The number of halogens is 1. The van der Waals surface area contributed by atoms with Gasteiger partial charge in [0.25, 0.3) is 0 Å². The van der Waals surface area contributed by atoms with Gasteiger partial charge < -0.3 is 10.1 Å². The molecule has 0 spiro atoms. The maximum absolute atomic E-state index is 5.98. The Balaban J connectivity index is 2.17. The Morgan fingerprint density at radius 1 is 1.19 bits per heavy atom. The fourth-order valence-corrected chi connectivity index (χ4v) is 2.61. The van der Waals surface area contributed by atoms with E-state index in [1.54, 1.807) is 0 Å². The molecule has 0 saturated heterocycles. The normalized spacial score (nSPS) is 13.9. The molecule has 4 heteroatoms. The Morgan fingerprint density at radius 3 is 2.52 bits per heavy atom. The van der Waals surface area contributed by atoms with Gasteiger partial charge in [-0.25, -0.2) is 0 Å². The zero-order valence-corrected chi connectivity index (χ0v) is 14.0. The van der Waals surface area contributed by atoms with E-state index in [1.807, 2.05) is 50.5 Å². The van der Waals surface area contributed by atoms with E-state index in [0.29, 0.717) is 6.61 Å². The highest BCUT2D eigenvalue weighted by Crippen LogP contribution is 2.23. The van der Waals surface area contributed by atoms with E-state index in [4.69, 9.17) is 4.74 Å². The van der Waals surface area contributed by atoms with Crippen molar-refractivity contribution >= 4 is 15.9 Å². The van der Waals surface area contributed by atoms with Crippen LogP contribution in [0.5, 0.6) is 0 Å². The summed E-state index contributed by atoms with van der Waals surface area (Å²) in [5, 5.41) is 3.37. The summed E-state index contributed by atoms with van der Waals surface area (Å²) < 4.78 is 6.97. The highest BCUT2D eigenvalue weighted by Gasteiger charge is 2.22. The van der Waals surface area contributed by atoms with Crippen LogP contribution in [0.15, 0.2) is 53.1 Å². The van der Waals surface area contributed by atoms with Crippen LogP contribution in [0, 0.1) is 0 Å². The first-order chi connectivity index (χ1) is 10.2. The molecule has 1 aromatic carbocycles. The summed E-state index contributed by atoms with van der Waals surface area (Å²) in [7, 11) is 1.97. The molecule has 1 aromatic heterocycles. The predicted octanol–water partition coefficient (Wildman–Crippen LogP) is 3.75. The fraction of sp³-hybridized carbons (Fsp3) is 0.353. The molecule has 0 saturated carbocycles. The van der Waals surface area contributed by atoms with E-state index in [-0.39, 0.29) is 12.1 Å². The zero-order chi connectivity index (χ0) is 15.1.